The summed E-state index contributed by atoms with van der Waals surface area (Å²) in [5, 5.41) is 3.20. The third kappa shape index (κ3) is 5.16. The molecule has 0 saturated heterocycles. The number of hydrogen-bond acceptors (Lipinski definition) is 6. The number of alkyl halides is 3. The van der Waals surface area contributed by atoms with Gasteiger partial charge in [0.1, 0.15) is 11.3 Å². The van der Waals surface area contributed by atoms with Gasteiger partial charge < -0.3 is 20.8 Å². The molecule has 8 nitrogen and oxygen atoms in total. The van der Waals surface area contributed by atoms with Crippen molar-refractivity contribution in [3.8, 4) is 5.75 Å². The Bertz CT molecular complexity index is 1100. The zero-order chi connectivity index (χ0) is 22.0. The van der Waals surface area contributed by atoms with Gasteiger partial charge >= 0.3 is 12.1 Å². The maximum absolute atomic E-state index is 12.7. The highest BCUT2D eigenvalue weighted by atomic mass is 19.4. The molecule has 1 aromatic carbocycles. The molecule has 31 heavy (non-hydrogen) atoms. The van der Waals surface area contributed by atoms with E-state index in [0.717, 1.165) is 25.7 Å². The fraction of sp³-hybridized carbons (Fsp3) is 0.450. The van der Waals surface area contributed by atoms with E-state index in [2.05, 4.69) is 25.0 Å². The van der Waals surface area contributed by atoms with Gasteiger partial charge in [-0.15, -0.1) is 13.2 Å². The van der Waals surface area contributed by atoms with E-state index < -0.39 is 12.1 Å². The van der Waals surface area contributed by atoms with Crippen molar-refractivity contribution in [2.24, 2.45) is 11.7 Å². The summed E-state index contributed by atoms with van der Waals surface area (Å²) >= 11 is 0. The van der Waals surface area contributed by atoms with Gasteiger partial charge in [0.05, 0.1) is 12.7 Å². The summed E-state index contributed by atoms with van der Waals surface area (Å²) in [7, 11) is 0. The van der Waals surface area contributed by atoms with Gasteiger partial charge in [-0.2, -0.15) is 4.98 Å². The Balaban J connectivity index is 1.55. The second-order valence-electron chi connectivity index (χ2n) is 7.76. The highest BCUT2D eigenvalue weighted by Crippen LogP contribution is 2.27. The molecule has 2 heterocycles. The van der Waals surface area contributed by atoms with Crippen molar-refractivity contribution >= 4 is 17.1 Å². The summed E-state index contributed by atoms with van der Waals surface area (Å²) in [6.07, 6.45) is 0.690. The number of benzene rings is 1. The minimum Gasteiger partial charge on any atom is -0.405 e. The average molecular weight is 436 g/mol. The number of halogens is 3. The summed E-state index contributed by atoms with van der Waals surface area (Å²) in [5.74, 6) is 0.466. The number of anilines is 1. The summed E-state index contributed by atoms with van der Waals surface area (Å²) in [6.45, 7) is 0.553. The lowest BCUT2D eigenvalue weighted by Gasteiger charge is -2.26. The maximum Gasteiger partial charge on any atom is 0.573 e. The van der Waals surface area contributed by atoms with Crippen molar-refractivity contribution < 1.29 is 17.9 Å². The Morgan fingerprint density at radius 3 is 2.71 bits per heavy atom. The van der Waals surface area contributed by atoms with Crippen molar-refractivity contribution in [3.63, 3.8) is 0 Å². The van der Waals surface area contributed by atoms with E-state index >= 15 is 0 Å². The molecule has 2 aromatic heterocycles. The standard InChI is InChI=1S/C20H23F3N6O2/c21-20(22,23)31-16-4-2-1-3-13(16)11-29-17-15(27-19(29)30)10-26-18(28-17)25-9-12-5-7-14(24)8-6-12/h1-4,10,12,14H,5-9,11,24H2,(H,27,30)(H,25,26,28)/t12-,14+. The third-order valence-electron chi connectivity index (χ3n) is 5.48. The van der Waals surface area contributed by atoms with Gasteiger partial charge in [0, 0.05) is 18.2 Å². The smallest absolute Gasteiger partial charge is 0.405 e. The number of imidazole rings is 1. The number of H-pyrrole nitrogens is 1. The van der Waals surface area contributed by atoms with E-state index in [9.17, 15) is 18.0 Å². The molecule has 0 atom stereocenters. The number of fused-ring (bicyclic) bond motifs is 1. The van der Waals surface area contributed by atoms with Gasteiger partial charge in [-0.1, -0.05) is 18.2 Å². The number of hydrogen-bond donors (Lipinski definition) is 3. The molecular formula is C20H23F3N6O2. The third-order valence-corrected chi connectivity index (χ3v) is 5.48. The number of nitrogens with two attached hydrogens (primary N) is 1. The lowest BCUT2D eigenvalue weighted by atomic mass is 9.86. The number of nitrogens with zero attached hydrogens (tertiary/aromatic N) is 3. The second kappa shape index (κ2) is 8.58. The molecule has 1 fully saturated rings. The van der Waals surface area contributed by atoms with Crippen LogP contribution in [-0.4, -0.2) is 38.5 Å². The molecule has 0 unspecified atom stereocenters. The summed E-state index contributed by atoms with van der Waals surface area (Å²) in [5.41, 5.74) is 6.35. The van der Waals surface area contributed by atoms with E-state index in [0.29, 0.717) is 29.6 Å². The summed E-state index contributed by atoms with van der Waals surface area (Å²) < 4.78 is 43.5. The van der Waals surface area contributed by atoms with E-state index in [1.54, 1.807) is 6.07 Å². The predicted octanol–water partition coefficient (Wildman–Crippen LogP) is 3.00. The number of nitrogens with one attached hydrogen (secondary N) is 2. The summed E-state index contributed by atoms with van der Waals surface area (Å²) in [6, 6.07) is 5.96. The monoisotopic (exact) mass is 436 g/mol. The molecule has 0 bridgehead atoms. The molecule has 166 valence electrons. The average Bonchev–Trinajstić information content (AvgIpc) is 3.02. The molecule has 1 aliphatic rings. The van der Waals surface area contributed by atoms with E-state index in [1.807, 2.05) is 0 Å². The van der Waals surface area contributed by atoms with Gasteiger partial charge in [-0.3, -0.25) is 4.57 Å². The molecule has 0 radical (unpaired) electrons. The molecule has 3 aromatic rings. The van der Waals surface area contributed by atoms with E-state index in [1.165, 1.54) is 29.0 Å². The Morgan fingerprint density at radius 1 is 1.23 bits per heavy atom. The van der Waals surface area contributed by atoms with Crippen molar-refractivity contribution in [3.05, 3.63) is 46.5 Å². The Hall–Kier alpha value is -3.08. The summed E-state index contributed by atoms with van der Waals surface area (Å²) in [4.78, 5) is 23.7. The molecule has 0 aliphatic heterocycles. The van der Waals surface area contributed by atoms with Crippen LogP contribution in [-0.2, 0) is 6.54 Å². The zero-order valence-corrected chi connectivity index (χ0v) is 16.7. The molecule has 0 spiro atoms. The first-order valence-electron chi connectivity index (χ1n) is 10.1. The molecule has 11 heteroatoms. The number of rotatable bonds is 6. The van der Waals surface area contributed by atoms with Crippen molar-refractivity contribution in [2.45, 2.75) is 44.6 Å². The number of ether oxygens (including phenoxy) is 1. The number of para-hydroxylation sites is 1. The SMILES string of the molecule is N[C@H]1CC[C@@H](CNc2ncc3[nH]c(=O)n(Cc4ccccc4OC(F)(F)F)c3n2)CC1. The topological polar surface area (TPSA) is 111 Å². The molecule has 4 rings (SSSR count). The first-order valence-corrected chi connectivity index (χ1v) is 10.1. The van der Waals surface area contributed by atoms with Crippen LogP contribution >= 0.6 is 0 Å². The van der Waals surface area contributed by atoms with Crippen LogP contribution in [0.1, 0.15) is 31.2 Å². The van der Waals surface area contributed by atoms with Crippen LogP contribution in [0.5, 0.6) is 5.75 Å². The van der Waals surface area contributed by atoms with Crippen LogP contribution in [0, 0.1) is 5.92 Å². The lowest BCUT2D eigenvalue weighted by Crippen LogP contribution is -2.29. The van der Waals surface area contributed by atoms with Crippen molar-refractivity contribution in [1.29, 1.82) is 0 Å². The fourth-order valence-electron chi connectivity index (χ4n) is 3.83. The van der Waals surface area contributed by atoms with E-state index in [4.69, 9.17) is 5.73 Å². The number of aromatic amines is 1. The normalized spacial score (nSPS) is 19.5. The minimum atomic E-state index is -4.83. The highest BCUT2D eigenvalue weighted by molar-refractivity contribution is 5.71. The minimum absolute atomic E-state index is 0.137. The van der Waals surface area contributed by atoms with Gasteiger partial charge in [0.25, 0.3) is 0 Å². The lowest BCUT2D eigenvalue weighted by molar-refractivity contribution is -0.274. The van der Waals surface area contributed by atoms with Crippen LogP contribution < -0.4 is 21.5 Å². The van der Waals surface area contributed by atoms with Gasteiger partial charge in [-0.05, 0) is 37.7 Å². The molecular weight excluding hydrogens is 413 g/mol. The Morgan fingerprint density at radius 2 is 1.97 bits per heavy atom. The first-order chi connectivity index (χ1) is 14.8. The van der Waals surface area contributed by atoms with Crippen LogP contribution in [0.4, 0.5) is 19.1 Å². The number of aromatic nitrogens is 4. The van der Waals surface area contributed by atoms with Crippen molar-refractivity contribution in [1.82, 2.24) is 19.5 Å². The molecule has 1 saturated carbocycles. The van der Waals surface area contributed by atoms with Crippen LogP contribution in [0.3, 0.4) is 0 Å². The van der Waals surface area contributed by atoms with Crippen LogP contribution in [0.25, 0.3) is 11.2 Å². The van der Waals surface area contributed by atoms with Gasteiger partial charge in [0.2, 0.25) is 5.95 Å². The Labute approximate surface area is 175 Å². The zero-order valence-electron chi connectivity index (χ0n) is 16.7. The quantitative estimate of drug-likeness (QED) is 0.548. The first kappa shape index (κ1) is 21.2. The molecule has 0 amide bonds. The maximum atomic E-state index is 12.7. The van der Waals surface area contributed by atoms with Crippen LogP contribution in [0.15, 0.2) is 35.3 Å². The fourth-order valence-corrected chi connectivity index (χ4v) is 3.83. The van der Waals surface area contributed by atoms with E-state index in [-0.39, 0.29) is 23.9 Å². The van der Waals surface area contributed by atoms with Crippen molar-refractivity contribution in [2.75, 3.05) is 11.9 Å². The highest BCUT2D eigenvalue weighted by Gasteiger charge is 2.32. The van der Waals surface area contributed by atoms with Gasteiger partial charge in [0.15, 0.2) is 5.65 Å². The van der Waals surface area contributed by atoms with Crippen LogP contribution in [0.2, 0.25) is 0 Å². The largest absolute Gasteiger partial charge is 0.573 e. The Kier molecular flexibility index (Phi) is 5.86. The molecule has 1 aliphatic carbocycles. The molecule has 4 N–H and O–H groups in total. The second-order valence-corrected chi connectivity index (χ2v) is 7.76. The van der Waals surface area contributed by atoms with Gasteiger partial charge in [-0.25, -0.2) is 9.78 Å². The predicted molar refractivity (Wildman–Crippen MR) is 109 cm³/mol.